The highest BCUT2D eigenvalue weighted by Crippen LogP contribution is 2.52. The van der Waals surface area contributed by atoms with E-state index in [2.05, 4.69) is 13.8 Å². The van der Waals surface area contributed by atoms with Crippen LogP contribution in [0.3, 0.4) is 0 Å². The third-order valence-electron chi connectivity index (χ3n) is 5.64. The molecule has 2 aliphatic rings. The van der Waals surface area contributed by atoms with Gasteiger partial charge in [0, 0.05) is 29.7 Å². The predicted molar refractivity (Wildman–Crippen MR) is 103 cm³/mol. The molecule has 132 valence electrons. The summed E-state index contributed by atoms with van der Waals surface area (Å²) in [4.78, 5) is 27.7. The fraction of sp³-hybridized carbons (Fsp3) is 0.304. The molecular weight excluding hydrogens is 322 g/mol. The molecule has 4 rings (SSSR count). The van der Waals surface area contributed by atoms with E-state index < -0.39 is 0 Å². The maximum atomic E-state index is 13.5. The van der Waals surface area contributed by atoms with Crippen molar-refractivity contribution in [3.63, 3.8) is 0 Å². The highest BCUT2D eigenvalue weighted by atomic mass is 16.2. The fourth-order valence-corrected chi connectivity index (χ4v) is 4.59. The first-order valence-corrected chi connectivity index (χ1v) is 9.05. The molecule has 0 saturated heterocycles. The van der Waals surface area contributed by atoms with Crippen molar-refractivity contribution in [1.82, 2.24) is 0 Å². The third-order valence-corrected chi connectivity index (χ3v) is 5.64. The number of carbonyl (C=O) groups is 2. The Balaban J connectivity index is 2.05. The van der Waals surface area contributed by atoms with Gasteiger partial charge in [-0.1, -0.05) is 50.2 Å². The van der Waals surface area contributed by atoms with Crippen LogP contribution in [-0.2, 0) is 4.79 Å². The Morgan fingerprint density at radius 2 is 1.62 bits per heavy atom. The first-order chi connectivity index (χ1) is 12.3. The molecule has 1 unspecified atom stereocenters. The molecule has 3 nitrogen and oxygen atoms in total. The first-order valence-electron chi connectivity index (χ1n) is 9.05. The van der Waals surface area contributed by atoms with E-state index >= 15 is 0 Å². The number of ketones is 1. The molecule has 2 aromatic rings. The minimum atomic E-state index is -0.243. The van der Waals surface area contributed by atoms with Gasteiger partial charge in [-0.25, -0.2) is 0 Å². The van der Waals surface area contributed by atoms with Crippen molar-refractivity contribution in [3.05, 3.63) is 76.5 Å². The van der Waals surface area contributed by atoms with Gasteiger partial charge in [-0.15, -0.1) is 0 Å². The first kappa shape index (κ1) is 16.8. The van der Waals surface area contributed by atoms with E-state index in [1.54, 1.807) is 11.0 Å². The Hall–Kier alpha value is -2.68. The van der Waals surface area contributed by atoms with Gasteiger partial charge in [0.2, 0.25) is 0 Å². The quantitative estimate of drug-likeness (QED) is 0.735. The van der Waals surface area contributed by atoms with Crippen molar-refractivity contribution in [2.24, 2.45) is 5.41 Å². The number of rotatable bonds is 1. The van der Waals surface area contributed by atoms with Gasteiger partial charge in [-0.3, -0.25) is 14.5 Å². The van der Waals surface area contributed by atoms with Crippen LogP contribution in [0, 0.1) is 19.3 Å². The molecule has 1 aliphatic heterocycles. The fourth-order valence-electron chi connectivity index (χ4n) is 4.59. The van der Waals surface area contributed by atoms with Gasteiger partial charge in [-0.2, -0.15) is 0 Å². The number of para-hydroxylation sites is 1. The molecule has 1 aliphatic carbocycles. The minimum absolute atomic E-state index is 0.0214. The number of amides is 1. The summed E-state index contributed by atoms with van der Waals surface area (Å²) in [6, 6.07) is 13.9. The molecule has 0 N–H and O–H groups in total. The molecule has 1 atom stereocenters. The zero-order valence-corrected chi connectivity index (χ0v) is 15.7. The normalized spacial score (nSPS) is 21.2. The third kappa shape index (κ3) is 2.34. The average molecular weight is 345 g/mol. The molecule has 0 spiro atoms. The summed E-state index contributed by atoms with van der Waals surface area (Å²) < 4.78 is 0. The van der Waals surface area contributed by atoms with Crippen molar-refractivity contribution in [2.45, 2.75) is 40.0 Å². The van der Waals surface area contributed by atoms with Crippen LogP contribution in [0.1, 0.15) is 53.2 Å². The molecule has 26 heavy (non-hydrogen) atoms. The lowest BCUT2D eigenvalue weighted by atomic mass is 9.64. The average Bonchev–Trinajstić information content (AvgIpc) is 2.56. The second kappa shape index (κ2) is 5.66. The zero-order valence-electron chi connectivity index (χ0n) is 15.7. The van der Waals surface area contributed by atoms with E-state index in [1.807, 2.05) is 56.3 Å². The maximum Gasteiger partial charge on any atom is 0.262 e. The van der Waals surface area contributed by atoms with E-state index in [0.717, 1.165) is 33.6 Å². The van der Waals surface area contributed by atoms with Gasteiger partial charge in [0.05, 0.1) is 5.69 Å². The number of fused-ring (bicyclic) bond motifs is 3. The summed E-state index contributed by atoms with van der Waals surface area (Å²) in [6.45, 7) is 8.28. The second-order valence-electron chi connectivity index (χ2n) is 8.10. The predicted octanol–water partition coefficient (Wildman–Crippen LogP) is 4.93. The van der Waals surface area contributed by atoms with Gasteiger partial charge in [0.25, 0.3) is 5.91 Å². The van der Waals surface area contributed by atoms with E-state index in [0.29, 0.717) is 6.42 Å². The van der Waals surface area contributed by atoms with Crippen molar-refractivity contribution in [3.8, 4) is 0 Å². The largest absolute Gasteiger partial charge is 0.295 e. The highest BCUT2D eigenvalue weighted by Gasteiger charge is 2.47. The summed E-state index contributed by atoms with van der Waals surface area (Å²) in [7, 11) is 0. The molecule has 3 heteroatoms. The molecule has 0 aromatic heterocycles. The minimum Gasteiger partial charge on any atom is -0.295 e. The number of hydrogen-bond donors (Lipinski definition) is 0. The number of nitrogens with zero attached hydrogens (tertiary/aromatic N) is 1. The Morgan fingerprint density at radius 3 is 2.31 bits per heavy atom. The molecule has 0 saturated carbocycles. The van der Waals surface area contributed by atoms with Crippen molar-refractivity contribution in [1.29, 1.82) is 0 Å². The van der Waals surface area contributed by atoms with Crippen LogP contribution in [-0.4, -0.2) is 11.7 Å². The number of carbonyl (C=O) groups excluding carboxylic acids is 2. The number of hydrogen-bond acceptors (Lipinski definition) is 2. The van der Waals surface area contributed by atoms with Crippen LogP contribution in [0.15, 0.2) is 54.2 Å². The second-order valence-corrected chi connectivity index (χ2v) is 8.10. The standard InChI is InChI=1S/C23H23NO2/c1-14-8-7-9-15(2)21(14)24-19-12-16(25)13-23(3,4)20(19)17-10-5-6-11-18(17)22(24)26/h5-12,20H,13H2,1-4H3. The number of aryl methyl sites for hydroxylation is 2. The van der Waals surface area contributed by atoms with Gasteiger partial charge in [0.1, 0.15) is 0 Å². The van der Waals surface area contributed by atoms with Crippen LogP contribution in [0.2, 0.25) is 0 Å². The smallest absolute Gasteiger partial charge is 0.262 e. The van der Waals surface area contributed by atoms with Crippen LogP contribution >= 0.6 is 0 Å². The molecule has 0 radical (unpaired) electrons. The molecule has 2 aromatic carbocycles. The lowest BCUT2D eigenvalue weighted by Crippen LogP contribution is -2.46. The Morgan fingerprint density at radius 1 is 0.962 bits per heavy atom. The Bertz CT molecular complexity index is 948. The van der Waals surface area contributed by atoms with E-state index in [-0.39, 0.29) is 23.0 Å². The summed E-state index contributed by atoms with van der Waals surface area (Å²) >= 11 is 0. The molecular formula is C23H23NO2. The zero-order chi connectivity index (χ0) is 18.6. The van der Waals surface area contributed by atoms with E-state index in [9.17, 15) is 9.59 Å². The Labute approximate surface area is 154 Å². The van der Waals surface area contributed by atoms with Crippen molar-refractivity contribution >= 4 is 17.4 Å². The van der Waals surface area contributed by atoms with E-state index in [1.165, 1.54) is 0 Å². The topological polar surface area (TPSA) is 37.4 Å². The monoisotopic (exact) mass is 345 g/mol. The van der Waals surface area contributed by atoms with Crippen LogP contribution in [0.25, 0.3) is 0 Å². The van der Waals surface area contributed by atoms with E-state index in [4.69, 9.17) is 0 Å². The maximum absolute atomic E-state index is 13.5. The molecule has 1 amide bonds. The summed E-state index contributed by atoms with van der Waals surface area (Å²) in [5.41, 5.74) is 5.30. The van der Waals surface area contributed by atoms with Gasteiger partial charge in [-0.05, 0) is 42.0 Å². The van der Waals surface area contributed by atoms with Gasteiger partial charge >= 0.3 is 0 Å². The number of anilines is 1. The van der Waals surface area contributed by atoms with Gasteiger partial charge < -0.3 is 0 Å². The SMILES string of the molecule is Cc1cccc(C)c1N1C(=O)c2ccccc2C2C1=CC(=O)CC2(C)C. The van der Waals surface area contributed by atoms with Crippen LogP contribution in [0.5, 0.6) is 0 Å². The Kier molecular flexibility index (Phi) is 3.65. The van der Waals surface area contributed by atoms with Crippen LogP contribution in [0.4, 0.5) is 5.69 Å². The lowest BCUT2D eigenvalue weighted by Gasteiger charge is -2.46. The van der Waals surface area contributed by atoms with Crippen molar-refractivity contribution < 1.29 is 9.59 Å². The number of benzene rings is 2. The van der Waals surface area contributed by atoms with Crippen molar-refractivity contribution in [2.75, 3.05) is 4.90 Å². The summed E-state index contributed by atoms with van der Waals surface area (Å²) in [5.74, 6) is 0.0591. The lowest BCUT2D eigenvalue weighted by molar-refractivity contribution is -0.117. The number of allylic oxidation sites excluding steroid dienone is 2. The highest BCUT2D eigenvalue weighted by molar-refractivity contribution is 6.13. The van der Waals surface area contributed by atoms with Gasteiger partial charge in [0.15, 0.2) is 5.78 Å². The molecule has 0 fully saturated rings. The van der Waals surface area contributed by atoms with Crippen LogP contribution < -0.4 is 4.90 Å². The summed E-state index contributed by atoms with van der Waals surface area (Å²) in [5, 5.41) is 0. The summed E-state index contributed by atoms with van der Waals surface area (Å²) in [6.07, 6.45) is 2.18. The molecule has 0 bridgehead atoms. The molecule has 1 heterocycles.